The van der Waals surface area contributed by atoms with Crippen LogP contribution >= 0.6 is 27.7 Å². The molecule has 0 spiro atoms. The maximum absolute atomic E-state index is 13.1. The summed E-state index contributed by atoms with van der Waals surface area (Å²) in [5.74, 6) is 0.323. The Kier molecular flexibility index (Phi) is 7.76. The SMILES string of the molecule is CCCCCn1c(SCC(=O)N2CC(C)OC(C)C2)nc2ccc(Br)cc2c1=O. The number of thioether (sulfide) groups is 1. The molecule has 0 radical (unpaired) electrons. The van der Waals surface area contributed by atoms with Gasteiger partial charge in [-0.05, 0) is 38.5 Å². The van der Waals surface area contributed by atoms with Crippen LogP contribution in [0.2, 0.25) is 0 Å². The molecule has 29 heavy (non-hydrogen) atoms. The quantitative estimate of drug-likeness (QED) is 0.338. The molecule has 1 fully saturated rings. The molecule has 1 saturated heterocycles. The molecule has 1 aromatic carbocycles. The third-order valence-electron chi connectivity index (χ3n) is 4.96. The Balaban J connectivity index is 1.83. The van der Waals surface area contributed by atoms with Gasteiger partial charge >= 0.3 is 0 Å². The van der Waals surface area contributed by atoms with E-state index in [0.717, 1.165) is 23.7 Å². The molecule has 3 rings (SSSR count). The highest BCUT2D eigenvalue weighted by Gasteiger charge is 2.26. The number of carbonyl (C=O) groups excluding carboxylic acids is 1. The van der Waals surface area contributed by atoms with E-state index in [4.69, 9.17) is 9.72 Å². The number of unbranched alkanes of at least 4 members (excludes halogenated alkanes) is 2. The number of morpholine rings is 1. The van der Waals surface area contributed by atoms with Gasteiger partial charge in [0, 0.05) is 24.1 Å². The van der Waals surface area contributed by atoms with Crippen LogP contribution in [0.15, 0.2) is 32.6 Å². The smallest absolute Gasteiger partial charge is 0.262 e. The summed E-state index contributed by atoms with van der Waals surface area (Å²) >= 11 is 4.79. The summed E-state index contributed by atoms with van der Waals surface area (Å²) in [6.07, 6.45) is 3.12. The molecule has 2 aromatic rings. The van der Waals surface area contributed by atoms with Gasteiger partial charge in [0.2, 0.25) is 5.91 Å². The Morgan fingerprint density at radius 1 is 1.28 bits per heavy atom. The van der Waals surface area contributed by atoms with E-state index < -0.39 is 0 Å². The number of fused-ring (bicyclic) bond motifs is 1. The first-order chi connectivity index (χ1) is 13.9. The number of hydrogen-bond donors (Lipinski definition) is 0. The summed E-state index contributed by atoms with van der Waals surface area (Å²) in [6, 6.07) is 5.54. The van der Waals surface area contributed by atoms with Crippen molar-refractivity contribution < 1.29 is 9.53 Å². The summed E-state index contributed by atoms with van der Waals surface area (Å²) in [5, 5.41) is 1.21. The van der Waals surface area contributed by atoms with Gasteiger partial charge in [-0.1, -0.05) is 47.5 Å². The monoisotopic (exact) mass is 481 g/mol. The first kappa shape index (κ1) is 22.3. The van der Waals surface area contributed by atoms with Crippen LogP contribution in [0.4, 0.5) is 0 Å². The molecular weight excluding hydrogens is 454 g/mol. The molecule has 0 bridgehead atoms. The zero-order chi connectivity index (χ0) is 21.0. The van der Waals surface area contributed by atoms with E-state index in [1.165, 1.54) is 11.8 Å². The lowest BCUT2D eigenvalue weighted by Crippen LogP contribution is -2.48. The number of nitrogens with zero attached hydrogens (tertiary/aromatic N) is 3. The molecule has 1 aliphatic heterocycles. The van der Waals surface area contributed by atoms with Crippen molar-refractivity contribution in [2.75, 3.05) is 18.8 Å². The molecule has 2 atom stereocenters. The van der Waals surface area contributed by atoms with Gasteiger partial charge in [-0.15, -0.1) is 0 Å². The third-order valence-corrected chi connectivity index (χ3v) is 6.42. The Labute approximate surface area is 184 Å². The topological polar surface area (TPSA) is 64.4 Å². The molecule has 2 unspecified atom stereocenters. The third kappa shape index (κ3) is 5.61. The highest BCUT2D eigenvalue weighted by Crippen LogP contribution is 2.22. The van der Waals surface area contributed by atoms with Gasteiger partial charge in [-0.25, -0.2) is 4.98 Å². The van der Waals surface area contributed by atoms with Crippen molar-refractivity contribution in [2.24, 2.45) is 0 Å². The van der Waals surface area contributed by atoms with E-state index >= 15 is 0 Å². The molecule has 0 saturated carbocycles. The molecule has 8 heteroatoms. The summed E-state index contributed by atoms with van der Waals surface area (Å²) in [4.78, 5) is 32.4. The lowest BCUT2D eigenvalue weighted by atomic mass is 10.2. The zero-order valence-electron chi connectivity index (χ0n) is 17.2. The predicted octanol–water partition coefficient (Wildman–Crippen LogP) is 4.08. The maximum atomic E-state index is 13.1. The fourth-order valence-electron chi connectivity index (χ4n) is 3.60. The number of hydrogen-bond acceptors (Lipinski definition) is 5. The van der Waals surface area contributed by atoms with E-state index in [1.807, 2.05) is 36.9 Å². The van der Waals surface area contributed by atoms with Gasteiger partial charge in [-0.2, -0.15) is 0 Å². The van der Waals surface area contributed by atoms with Crippen LogP contribution in [0, 0.1) is 0 Å². The second-order valence-electron chi connectivity index (χ2n) is 7.56. The molecular formula is C21H28BrN3O3S. The molecule has 2 heterocycles. The van der Waals surface area contributed by atoms with Crippen LogP contribution in [-0.4, -0.2) is 51.4 Å². The van der Waals surface area contributed by atoms with Crippen LogP contribution in [0.3, 0.4) is 0 Å². The van der Waals surface area contributed by atoms with Crippen molar-refractivity contribution >= 4 is 44.5 Å². The number of aromatic nitrogens is 2. The second-order valence-corrected chi connectivity index (χ2v) is 9.42. The van der Waals surface area contributed by atoms with Crippen LogP contribution in [0.5, 0.6) is 0 Å². The van der Waals surface area contributed by atoms with Gasteiger partial charge in [0.25, 0.3) is 5.56 Å². The van der Waals surface area contributed by atoms with Crippen LogP contribution in [-0.2, 0) is 16.1 Å². The Morgan fingerprint density at radius 2 is 2.00 bits per heavy atom. The lowest BCUT2D eigenvalue weighted by Gasteiger charge is -2.35. The first-order valence-corrected chi connectivity index (χ1v) is 11.9. The maximum Gasteiger partial charge on any atom is 0.262 e. The Morgan fingerprint density at radius 3 is 2.69 bits per heavy atom. The van der Waals surface area contributed by atoms with Gasteiger partial charge < -0.3 is 9.64 Å². The van der Waals surface area contributed by atoms with Crippen molar-refractivity contribution in [3.8, 4) is 0 Å². The highest BCUT2D eigenvalue weighted by atomic mass is 79.9. The van der Waals surface area contributed by atoms with E-state index in [2.05, 4.69) is 22.9 Å². The average Bonchev–Trinajstić information content (AvgIpc) is 2.68. The van der Waals surface area contributed by atoms with E-state index in [0.29, 0.717) is 35.7 Å². The minimum absolute atomic E-state index is 0.0390. The number of halogens is 1. The number of benzene rings is 1. The van der Waals surface area contributed by atoms with Crippen molar-refractivity contribution in [3.63, 3.8) is 0 Å². The molecule has 1 aromatic heterocycles. The fraction of sp³-hybridized carbons (Fsp3) is 0.571. The molecule has 0 aliphatic carbocycles. The predicted molar refractivity (Wildman–Crippen MR) is 121 cm³/mol. The molecule has 1 aliphatic rings. The summed E-state index contributed by atoms with van der Waals surface area (Å²) < 4.78 is 8.30. The number of carbonyl (C=O) groups is 1. The minimum Gasteiger partial charge on any atom is -0.372 e. The standard InChI is InChI=1S/C21H28BrN3O3S/c1-4-5-6-9-25-20(27)17-10-16(22)7-8-18(17)23-21(25)29-13-19(26)24-11-14(2)28-15(3)12-24/h7-8,10,14-15H,4-6,9,11-13H2,1-3H3. The van der Waals surface area contributed by atoms with E-state index in [1.54, 1.807) is 4.57 Å². The fourth-order valence-corrected chi connectivity index (χ4v) is 4.89. The Hall–Kier alpha value is -1.38. The highest BCUT2D eigenvalue weighted by molar-refractivity contribution is 9.10. The van der Waals surface area contributed by atoms with E-state index in [9.17, 15) is 9.59 Å². The van der Waals surface area contributed by atoms with Crippen molar-refractivity contribution in [1.29, 1.82) is 0 Å². The number of rotatable bonds is 7. The molecule has 1 amide bonds. The molecule has 0 N–H and O–H groups in total. The largest absolute Gasteiger partial charge is 0.372 e. The first-order valence-electron chi connectivity index (χ1n) is 10.1. The summed E-state index contributed by atoms with van der Waals surface area (Å²) in [5.41, 5.74) is 0.615. The number of ether oxygens (including phenoxy) is 1. The van der Waals surface area contributed by atoms with Crippen molar-refractivity contribution in [3.05, 3.63) is 33.0 Å². The van der Waals surface area contributed by atoms with Crippen LogP contribution in [0.25, 0.3) is 10.9 Å². The summed E-state index contributed by atoms with van der Waals surface area (Å²) in [7, 11) is 0. The molecule has 6 nitrogen and oxygen atoms in total. The average molecular weight is 482 g/mol. The Bertz CT molecular complexity index is 923. The van der Waals surface area contributed by atoms with Gasteiger partial charge in [0.05, 0.1) is 28.9 Å². The van der Waals surface area contributed by atoms with Gasteiger partial charge in [0.1, 0.15) is 0 Å². The van der Waals surface area contributed by atoms with E-state index in [-0.39, 0.29) is 29.4 Å². The van der Waals surface area contributed by atoms with Crippen molar-refractivity contribution in [2.45, 2.75) is 63.9 Å². The van der Waals surface area contributed by atoms with Gasteiger partial charge in [0.15, 0.2) is 5.16 Å². The van der Waals surface area contributed by atoms with Crippen molar-refractivity contribution in [1.82, 2.24) is 14.5 Å². The number of amides is 1. The zero-order valence-corrected chi connectivity index (χ0v) is 19.6. The summed E-state index contributed by atoms with van der Waals surface area (Å²) in [6.45, 7) is 7.93. The van der Waals surface area contributed by atoms with Crippen LogP contribution < -0.4 is 5.56 Å². The lowest BCUT2D eigenvalue weighted by molar-refractivity contribution is -0.140. The normalized spacial score (nSPS) is 19.7. The molecule has 158 valence electrons. The second kappa shape index (κ2) is 10.1. The van der Waals surface area contributed by atoms with Crippen LogP contribution in [0.1, 0.15) is 40.0 Å². The van der Waals surface area contributed by atoms with Gasteiger partial charge in [-0.3, -0.25) is 14.2 Å². The minimum atomic E-state index is -0.0454.